The van der Waals surface area contributed by atoms with Crippen LogP contribution in [0.5, 0.6) is 5.75 Å². The number of hydrogen-bond donors (Lipinski definition) is 2. The van der Waals surface area contributed by atoms with E-state index in [0.29, 0.717) is 17.0 Å². The average Bonchev–Trinajstić information content (AvgIpc) is 2.90. The van der Waals surface area contributed by atoms with Gasteiger partial charge in [-0.15, -0.1) is 0 Å². The van der Waals surface area contributed by atoms with Crippen molar-refractivity contribution in [3.8, 4) is 5.75 Å². The second-order valence-corrected chi connectivity index (χ2v) is 7.77. The third kappa shape index (κ3) is 5.88. The van der Waals surface area contributed by atoms with Gasteiger partial charge in [-0.05, 0) is 60.2 Å². The van der Waals surface area contributed by atoms with Crippen LogP contribution < -0.4 is 20.3 Å². The van der Waals surface area contributed by atoms with Crippen LogP contribution in [0.4, 0.5) is 16.2 Å². The van der Waals surface area contributed by atoms with Gasteiger partial charge < -0.3 is 14.8 Å². The molecule has 0 aromatic heterocycles. The summed E-state index contributed by atoms with van der Waals surface area (Å²) in [6.45, 7) is -0.252. The van der Waals surface area contributed by atoms with Gasteiger partial charge in [0.25, 0.3) is 17.7 Å². The summed E-state index contributed by atoms with van der Waals surface area (Å²) in [6, 6.07) is 20.0. The van der Waals surface area contributed by atoms with Crippen LogP contribution in [0.1, 0.15) is 15.9 Å². The normalized spacial score (nSPS) is 14.2. The van der Waals surface area contributed by atoms with E-state index in [2.05, 4.69) is 15.4 Å². The molecule has 0 spiro atoms. The van der Waals surface area contributed by atoms with Crippen LogP contribution in [0, 0.1) is 0 Å². The summed E-state index contributed by atoms with van der Waals surface area (Å²) in [5.74, 6) is -2.28. The second kappa shape index (κ2) is 11.0. The van der Waals surface area contributed by atoms with Crippen molar-refractivity contribution < 1.29 is 33.4 Å². The molecule has 0 bridgehead atoms. The number of hydrogen-bond acceptors (Lipinski definition) is 7. The smallest absolute Gasteiger partial charge is 0.337 e. The maximum absolute atomic E-state index is 13.1. The number of amides is 5. The number of imide groups is 2. The van der Waals surface area contributed by atoms with Crippen molar-refractivity contribution in [3.63, 3.8) is 0 Å². The Labute approximate surface area is 211 Å². The Morgan fingerprint density at radius 1 is 0.946 bits per heavy atom. The van der Waals surface area contributed by atoms with E-state index in [1.54, 1.807) is 48.5 Å². The molecule has 186 valence electrons. The Kier molecular flexibility index (Phi) is 7.39. The van der Waals surface area contributed by atoms with Crippen LogP contribution in [-0.2, 0) is 19.1 Å². The molecule has 1 aliphatic heterocycles. The van der Waals surface area contributed by atoms with E-state index < -0.39 is 23.8 Å². The standard InChI is InChI=1S/C27H21N3O7/c1-36-26(34)18-10-12-20(13-11-18)30-25(33)22(24(32)29-27(30)35)15-17-6-5-9-21(14-17)37-16-23(31)28-19-7-3-2-4-8-19/h2-15H,16H2,1H3,(H,28,31)(H,29,32,35)/b22-15-. The lowest BCUT2D eigenvalue weighted by Crippen LogP contribution is -2.54. The molecule has 2 N–H and O–H groups in total. The molecule has 10 nitrogen and oxygen atoms in total. The number of nitrogens with one attached hydrogen (secondary N) is 2. The van der Waals surface area contributed by atoms with Gasteiger partial charge in [-0.1, -0.05) is 30.3 Å². The molecule has 0 saturated carbocycles. The molecule has 4 rings (SSSR count). The SMILES string of the molecule is COC(=O)c1ccc(N2C(=O)NC(=O)/C(=C/c3cccc(OCC(=O)Nc4ccccc4)c3)C2=O)cc1. The highest BCUT2D eigenvalue weighted by Crippen LogP contribution is 2.24. The van der Waals surface area contributed by atoms with Crippen molar-refractivity contribution >= 4 is 47.2 Å². The van der Waals surface area contributed by atoms with Crippen molar-refractivity contribution in [2.45, 2.75) is 0 Å². The van der Waals surface area contributed by atoms with E-state index >= 15 is 0 Å². The van der Waals surface area contributed by atoms with Gasteiger partial charge in [-0.3, -0.25) is 19.7 Å². The number of benzene rings is 3. The molecular weight excluding hydrogens is 478 g/mol. The fourth-order valence-corrected chi connectivity index (χ4v) is 3.48. The van der Waals surface area contributed by atoms with Gasteiger partial charge >= 0.3 is 12.0 Å². The molecule has 3 aromatic carbocycles. The summed E-state index contributed by atoms with van der Waals surface area (Å²) in [7, 11) is 1.24. The predicted octanol–water partition coefficient (Wildman–Crippen LogP) is 3.16. The number of carbonyl (C=O) groups excluding carboxylic acids is 5. The summed E-state index contributed by atoms with van der Waals surface area (Å²) in [4.78, 5) is 62.6. The van der Waals surface area contributed by atoms with E-state index in [1.165, 1.54) is 37.5 Å². The van der Waals surface area contributed by atoms with Gasteiger partial charge in [0.15, 0.2) is 6.61 Å². The van der Waals surface area contributed by atoms with Gasteiger partial charge in [0, 0.05) is 5.69 Å². The minimum Gasteiger partial charge on any atom is -0.484 e. The summed E-state index contributed by atoms with van der Waals surface area (Å²) in [5.41, 5.74) is 1.19. The Hall–Kier alpha value is -5.25. The maximum atomic E-state index is 13.1. The molecule has 0 atom stereocenters. The number of ether oxygens (including phenoxy) is 2. The summed E-state index contributed by atoms with van der Waals surface area (Å²) >= 11 is 0. The molecule has 0 aliphatic carbocycles. The Morgan fingerprint density at radius 3 is 2.38 bits per heavy atom. The number of para-hydroxylation sites is 1. The Morgan fingerprint density at radius 2 is 1.68 bits per heavy atom. The number of carbonyl (C=O) groups is 5. The number of anilines is 2. The molecule has 1 heterocycles. The first-order valence-corrected chi connectivity index (χ1v) is 11.0. The quantitative estimate of drug-likeness (QED) is 0.290. The van der Waals surface area contributed by atoms with Crippen LogP contribution in [0.25, 0.3) is 6.08 Å². The van der Waals surface area contributed by atoms with E-state index in [4.69, 9.17) is 4.74 Å². The Bertz CT molecular complexity index is 1400. The Balaban J connectivity index is 1.49. The minimum absolute atomic E-state index is 0.162. The third-order valence-corrected chi connectivity index (χ3v) is 5.24. The molecule has 0 radical (unpaired) electrons. The molecule has 1 saturated heterocycles. The van der Waals surface area contributed by atoms with Crippen molar-refractivity contribution in [1.82, 2.24) is 5.32 Å². The highest BCUT2D eigenvalue weighted by Gasteiger charge is 2.36. The number of urea groups is 1. The highest BCUT2D eigenvalue weighted by molar-refractivity contribution is 6.39. The third-order valence-electron chi connectivity index (χ3n) is 5.24. The lowest BCUT2D eigenvalue weighted by Gasteiger charge is -2.26. The van der Waals surface area contributed by atoms with Crippen LogP contribution in [0.2, 0.25) is 0 Å². The molecule has 3 aromatic rings. The van der Waals surface area contributed by atoms with Crippen molar-refractivity contribution in [2.24, 2.45) is 0 Å². The van der Waals surface area contributed by atoms with Gasteiger partial charge in [0.2, 0.25) is 0 Å². The number of barbiturate groups is 1. The first kappa shape index (κ1) is 24.9. The van der Waals surface area contributed by atoms with Crippen LogP contribution in [0.3, 0.4) is 0 Å². The summed E-state index contributed by atoms with van der Waals surface area (Å²) in [5, 5.41) is 4.84. The second-order valence-electron chi connectivity index (χ2n) is 7.77. The number of nitrogens with zero attached hydrogens (tertiary/aromatic N) is 1. The van der Waals surface area contributed by atoms with Gasteiger partial charge in [-0.2, -0.15) is 0 Å². The fraction of sp³-hybridized carbons (Fsp3) is 0.0741. The molecule has 5 amide bonds. The summed E-state index contributed by atoms with van der Waals surface area (Å²) < 4.78 is 10.2. The van der Waals surface area contributed by atoms with Crippen LogP contribution >= 0.6 is 0 Å². The molecular formula is C27H21N3O7. The maximum Gasteiger partial charge on any atom is 0.337 e. The van der Waals surface area contributed by atoms with E-state index in [9.17, 15) is 24.0 Å². The zero-order valence-electron chi connectivity index (χ0n) is 19.6. The van der Waals surface area contributed by atoms with E-state index in [-0.39, 0.29) is 29.3 Å². The zero-order chi connectivity index (χ0) is 26.4. The number of methoxy groups -OCH3 is 1. The molecule has 10 heteroatoms. The molecule has 0 unspecified atom stereocenters. The lowest BCUT2D eigenvalue weighted by atomic mass is 10.1. The summed E-state index contributed by atoms with van der Waals surface area (Å²) in [6.07, 6.45) is 1.32. The first-order valence-electron chi connectivity index (χ1n) is 11.0. The van der Waals surface area contributed by atoms with Crippen LogP contribution in [-0.4, -0.2) is 43.4 Å². The molecule has 1 aliphatic rings. The van der Waals surface area contributed by atoms with Crippen LogP contribution in [0.15, 0.2) is 84.4 Å². The largest absolute Gasteiger partial charge is 0.484 e. The monoisotopic (exact) mass is 499 g/mol. The zero-order valence-corrected chi connectivity index (χ0v) is 19.6. The highest BCUT2D eigenvalue weighted by atomic mass is 16.5. The minimum atomic E-state index is -0.917. The van der Waals surface area contributed by atoms with Crippen molar-refractivity contribution in [1.29, 1.82) is 0 Å². The van der Waals surface area contributed by atoms with Crippen molar-refractivity contribution in [3.05, 3.63) is 95.6 Å². The first-order chi connectivity index (χ1) is 17.9. The van der Waals surface area contributed by atoms with E-state index in [1.807, 2.05) is 6.07 Å². The topological polar surface area (TPSA) is 131 Å². The molecule has 37 heavy (non-hydrogen) atoms. The van der Waals surface area contributed by atoms with Gasteiger partial charge in [-0.25, -0.2) is 14.5 Å². The number of rotatable bonds is 7. The van der Waals surface area contributed by atoms with E-state index in [0.717, 1.165) is 4.90 Å². The number of esters is 1. The molecule has 1 fully saturated rings. The average molecular weight is 499 g/mol. The van der Waals surface area contributed by atoms with Crippen molar-refractivity contribution in [2.75, 3.05) is 23.9 Å². The van der Waals surface area contributed by atoms with Gasteiger partial charge in [0.1, 0.15) is 11.3 Å². The lowest BCUT2D eigenvalue weighted by molar-refractivity contribution is -0.122. The fourth-order valence-electron chi connectivity index (χ4n) is 3.48. The van der Waals surface area contributed by atoms with Gasteiger partial charge in [0.05, 0.1) is 18.4 Å². The predicted molar refractivity (Wildman–Crippen MR) is 134 cm³/mol.